The predicted octanol–water partition coefficient (Wildman–Crippen LogP) is 2.68. The van der Waals surface area contributed by atoms with E-state index in [1.807, 2.05) is 0 Å². The summed E-state index contributed by atoms with van der Waals surface area (Å²) in [6.45, 7) is 0.00976. The van der Waals surface area contributed by atoms with Crippen LogP contribution in [0.5, 0.6) is 0 Å². The van der Waals surface area contributed by atoms with E-state index in [2.05, 4.69) is 5.16 Å². The van der Waals surface area contributed by atoms with E-state index in [-0.39, 0.29) is 17.9 Å². The Kier molecular flexibility index (Phi) is 3.66. The number of aryl methyl sites for hydroxylation is 1. The van der Waals surface area contributed by atoms with Gasteiger partial charge in [-0.1, -0.05) is 5.16 Å². The maximum absolute atomic E-state index is 13.0. The summed E-state index contributed by atoms with van der Waals surface area (Å²) in [7, 11) is 0. The van der Waals surface area contributed by atoms with Crippen LogP contribution in [0.1, 0.15) is 12.2 Å². The zero-order valence-corrected chi connectivity index (χ0v) is 9.29. The van der Waals surface area contributed by atoms with Crippen LogP contribution < -0.4 is 0 Å². The summed E-state index contributed by atoms with van der Waals surface area (Å²) >= 11 is 0. The highest BCUT2D eigenvalue weighted by Gasteiger charge is 2.14. The lowest BCUT2D eigenvalue weighted by Crippen LogP contribution is -1.91. The van der Waals surface area contributed by atoms with Gasteiger partial charge in [0.05, 0.1) is 0 Å². The molecule has 0 aliphatic rings. The van der Waals surface area contributed by atoms with Crippen LogP contribution in [0.4, 0.5) is 13.2 Å². The van der Waals surface area contributed by atoms with Gasteiger partial charge in [0, 0.05) is 24.7 Å². The third-order valence-electron chi connectivity index (χ3n) is 2.42. The van der Waals surface area contributed by atoms with Gasteiger partial charge < -0.3 is 9.63 Å². The number of aliphatic hydroxyl groups excluding tert-OH is 1. The summed E-state index contributed by atoms with van der Waals surface area (Å²) in [5.41, 5.74) is 0.325. The zero-order valence-electron chi connectivity index (χ0n) is 9.29. The fourth-order valence-electron chi connectivity index (χ4n) is 1.52. The van der Waals surface area contributed by atoms with Gasteiger partial charge in [0.2, 0.25) is 0 Å². The van der Waals surface area contributed by atoms with Crippen LogP contribution >= 0.6 is 0 Å². The maximum atomic E-state index is 13.0. The van der Waals surface area contributed by atoms with E-state index >= 15 is 0 Å². The largest absolute Gasteiger partial charge is 0.396 e. The SMILES string of the molecule is OCCCc1cc(-c2cc(F)c(F)c(F)c2)no1. The van der Waals surface area contributed by atoms with Crippen LogP contribution in [-0.2, 0) is 6.42 Å². The van der Waals surface area contributed by atoms with Crippen LogP contribution in [0.3, 0.4) is 0 Å². The van der Waals surface area contributed by atoms with Crippen LogP contribution in [0.15, 0.2) is 22.7 Å². The van der Waals surface area contributed by atoms with Crippen LogP contribution in [0.2, 0.25) is 0 Å². The number of rotatable bonds is 4. The molecule has 0 bridgehead atoms. The van der Waals surface area contributed by atoms with Crippen LogP contribution in [-0.4, -0.2) is 16.9 Å². The third-order valence-corrected chi connectivity index (χ3v) is 2.42. The van der Waals surface area contributed by atoms with Crippen molar-refractivity contribution in [3.05, 3.63) is 41.4 Å². The molecule has 6 heteroatoms. The highest BCUT2D eigenvalue weighted by molar-refractivity contribution is 5.59. The molecule has 0 fully saturated rings. The lowest BCUT2D eigenvalue weighted by Gasteiger charge is -1.98. The zero-order chi connectivity index (χ0) is 13.1. The second-order valence-electron chi connectivity index (χ2n) is 3.76. The number of benzene rings is 1. The van der Waals surface area contributed by atoms with Gasteiger partial charge in [-0.2, -0.15) is 0 Å². The molecule has 0 atom stereocenters. The average Bonchev–Trinajstić information content (AvgIpc) is 2.81. The monoisotopic (exact) mass is 257 g/mol. The molecule has 0 radical (unpaired) electrons. The predicted molar refractivity (Wildman–Crippen MR) is 57.2 cm³/mol. The molecule has 1 N–H and O–H groups in total. The van der Waals surface area contributed by atoms with Gasteiger partial charge in [-0.3, -0.25) is 0 Å². The fraction of sp³-hybridized carbons (Fsp3) is 0.250. The molecule has 96 valence electrons. The van der Waals surface area contributed by atoms with Crippen molar-refractivity contribution in [2.24, 2.45) is 0 Å². The van der Waals surface area contributed by atoms with Gasteiger partial charge in [-0.25, -0.2) is 13.2 Å². The minimum atomic E-state index is -1.51. The van der Waals surface area contributed by atoms with Crippen molar-refractivity contribution in [1.29, 1.82) is 0 Å². The molecule has 0 spiro atoms. The maximum Gasteiger partial charge on any atom is 0.194 e. The smallest absolute Gasteiger partial charge is 0.194 e. The fourth-order valence-corrected chi connectivity index (χ4v) is 1.52. The van der Waals surface area contributed by atoms with Gasteiger partial charge in [0.25, 0.3) is 0 Å². The normalized spacial score (nSPS) is 10.9. The van der Waals surface area contributed by atoms with Gasteiger partial charge in [-0.05, 0) is 18.6 Å². The number of hydrogen-bond acceptors (Lipinski definition) is 3. The van der Waals surface area contributed by atoms with Crippen molar-refractivity contribution >= 4 is 0 Å². The van der Waals surface area contributed by atoms with E-state index in [0.29, 0.717) is 18.6 Å². The molecule has 1 aromatic carbocycles. The Morgan fingerprint density at radius 2 is 1.78 bits per heavy atom. The second-order valence-corrected chi connectivity index (χ2v) is 3.76. The highest BCUT2D eigenvalue weighted by atomic mass is 19.2. The Morgan fingerprint density at radius 1 is 1.11 bits per heavy atom. The molecule has 2 rings (SSSR count). The number of nitrogens with zero attached hydrogens (tertiary/aromatic N) is 1. The molecular weight excluding hydrogens is 247 g/mol. The van der Waals surface area contributed by atoms with Crippen molar-refractivity contribution in [2.75, 3.05) is 6.61 Å². The van der Waals surface area contributed by atoms with Crippen LogP contribution in [0, 0.1) is 17.5 Å². The summed E-state index contributed by atoms with van der Waals surface area (Å²) in [6, 6.07) is 3.21. The Labute approximate surface area is 101 Å². The summed E-state index contributed by atoms with van der Waals surface area (Å²) < 4.78 is 43.8. The molecule has 0 amide bonds. The minimum absolute atomic E-state index is 0.00976. The first kappa shape index (κ1) is 12.6. The number of aliphatic hydroxyl groups is 1. The number of halogens is 3. The molecule has 1 heterocycles. The first-order chi connectivity index (χ1) is 8.61. The van der Waals surface area contributed by atoms with E-state index in [1.165, 1.54) is 6.07 Å². The molecule has 0 unspecified atom stereocenters. The molecular formula is C12H10F3NO2. The molecule has 0 aliphatic carbocycles. The van der Waals surface area contributed by atoms with Crippen LogP contribution in [0.25, 0.3) is 11.3 Å². The first-order valence-electron chi connectivity index (χ1n) is 5.33. The first-order valence-corrected chi connectivity index (χ1v) is 5.33. The quantitative estimate of drug-likeness (QED) is 0.856. The van der Waals surface area contributed by atoms with E-state index in [4.69, 9.17) is 9.63 Å². The minimum Gasteiger partial charge on any atom is -0.396 e. The van der Waals surface area contributed by atoms with E-state index < -0.39 is 17.5 Å². The van der Waals surface area contributed by atoms with E-state index in [1.54, 1.807) is 0 Å². The molecule has 0 aliphatic heterocycles. The molecule has 0 saturated heterocycles. The molecule has 2 aromatic rings. The van der Waals surface area contributed by atoms with Crippen molar-refractivity contribution in [3.8, 4) is 11.3 Å². The molecule has 3 nitrogen and oxygen atoms in total. The van der Waals surface area contributed by atoms with Crippen molar-refractivity contribution in [3.63, 3.8) is 0 Å². The van der Waals surface area contributed by atoms with Gasteiger partial charge >= 0.3 is 0 Å². The van der Waals surface area contributed by atoms with Gasteiger partial charge in [0.1, 0.15) is 11.5 Å². The van der Waals surface area contributed by atoms with E-state index in [0.717, 1.165) is 12.1 Å². The number of hydrogen-bond donors (Lipinski definition) is 1. The Morgan fingerprint density at radius 3 is 2.39 bits per heavy atom. The van der Waals surface area contributed by atoms with Gasteiger partial charge in [0.15, 0.2) is 17.5 Å². The molecule has 0 saturated carbocycles. The van der Waals surface area contributed by atoms with Gasteiger partial charge in [-0.15, -0.1) is 0 Å². The van der Waals surface area contributed by atoms with E-state index in [9.17, 15) is 13.2 Å². The Bertz CT molecular complexity index is 531. The standard InChI is InChI=1S/C12H10F3NO2/c13-9-4-7(5-10(14)12(9)15)11-6-8(18-16-11)2-1-3-17/h4-6,17H,1-3H2. The molecule has 18 heavy (non-hydrogen) atoms. The summed E-state index contributed by atoms with van der Waals surface area (Å²) in [5.74, 6) is -3.57. The molecule has 1 aromatic heterocycles. The Hall–Kier alpha value is -1.82. The van der Waals surface area contributed by atoms with Crippen molar-refractivity contribution in [1.82, 2.24) is 5.16 Å². The lowest BCUT2D eigenvalue weighted by molar-refractivity contribution is 0.280. The average molecular weight is 257 g/mol. The van der Waals surface area contributed by atoms with Crippen molar-refractivity contribution < 1.29 is 22.8 Å². The summed E-state index contributed by atoms with van der Waals surface area (Å²) in [6.07, 6.45) is 0.969. The van der Waals surface area contributed by atoms with Crippen molar-refractivity contribution in [2.45, 2.75) is 12.8 Å². The summed E-state index contributed by atoms with van der Waals surface area (Å²) in [5, 5.41) is 12.3. The highest BCUT2D eigenvalue weighted by Crippen LogP contribution is 2.23. The Balaban J connectivity index is 2.28. The second kappa shape index (κ2) is 5.22. The lowest BCUT2D eigenvalue weighted by atomic mass is 10.1. The summed E-state index contributed by atoms with van der Waals surface area (Å²) in [4.78, 5) is 0. The number of aromatic nitrogens is 1. The third kappa shape index (κ3) is 2.53. The topological polar surface area (TPSA) is 46.3 Å².